The first-order valence-electron chi connectivity index (χ1n) is 5.19. The third kappa shape index (κ3) is 2.27. The minimum Gasteiger partial charge on any atom is -0.331 e. The van der Waals surface area contributed by atoms with Gasteiger partial charge in [0.1, 0.15) is 0 Å². The van der Waals surface area contributed by atoms with Gasteiger partial charge in [0.05, 0.1) is 0 Å². The van der Waals surface area contributed by atoms with E-state index < -0.39 is 0 Å². The number of aryl methyl sites for hydroxylation is 1. The average Bonchev–Trinajstić information content (AvgIpc) is 2.29. The van der Waals surface area contributed by atoms with Crippen LogP contribution in [0.2, 0.25) is 0 Å². The number of hydrazine groups is 1. The van der Waals surface area contributed by atoms with Crippen LogP contribution < -0.4 is 16.6 Å². The summed E-state index contributed by atoms with van der Waals surface area (Å²) in [5.74, 6) is 5.24. The van der Waals surface area contributed by atoms with Crippen LogP contribution in [-0.4, -0.2) is 5.11 Å². The fourth-order valence-corrected chi connectivity index (χ4v) is 2.17. The van der Waals surface area contributed by atoms with Crippen LogP contribution in [-0.2, 0) is 12.8 Å². The van der Waals surface area contributed by atoms with Gasteiger partial charge in [-0.05, 0) is 55.1 Å². The maximum atomic E-state index is 5.24. The number of benzene rings is 1. The summed E-state index contributed by atoms with van der Waals surface area (Å²) in [6, 6.07) is 6.30. The summed E-state index contributed by atoms with van der Waals surface area (Å²) in [4.78, 5) is 0. The van der Waals surface area contributed by atoms with Crippen molar-refractivity contribution in [1.29, 1.82) is 0 Å². The fourth-order valence-electron chi connectivity index (χ4n) is 2.06. The normalized spacial score (nSPS) is 14.2. The number of anilines is 1. The number of nitrogens with one attached hydrogen (secondary N) is 2. The Kier molecular flexibility index (Phi) is 3.18. The molecule has 1 aliphatic carbocycles. The zero-order chi connectivity index (χ0) is 10.7. The lowest BCUT2D eigenvalue weighted by molar-refractivity contribution is 0.687. The molecule has 0 radical (unpaired) electrons. The molecule has 0 heterocycles. The van der Waals surface area contributed by atoms with Gasteiger partial charge in [0.15, 0.2) is 5.11 Å². The molecule has 0 spiro atoms. The van der Waals surface area contributed by atoms with E-state index in [-0.39, 0.29) is 0 Å². The van der Waals surface area contributed by atoms with Gasteiger partial charge in [-0.1, -0.05) is 12.1 Å². The number of hydrogen-bond acceptors (Lipinski definition) is 2. The topological polar surface area (TPSA) is 50.1 Å². The quantitative estimate of drug-likeness (QED) is 0.384. The number of nitrogens with two attached hydrogens (primary N) is 1. The zero-order valence-electron chi connectivity index (χ0n) is 8.55. The van der Waals surface area contributed by atoms with Crippen LogP contribution in [0, 0.1) is 0 Å². The highest BCUT2D eigenvalue weighted by Gasteiger charge is 2.12. The van der Waals surface area contributed by atoms with Gasteiger partial charge < -0.3 is 10.7 Å². The molecule has 4 N–H and O–H groups in total. The predicted molar refractivity (Wildman–Crippen MR) is 66.6 cm³/mol. The van der Waals surface area contributed by atoms with Crippen molar-refractivity contribution in [3.63, 3.8) is 0 Å². The molecular formula is C11H15N3S. The summed E-state index contributed by atoms with van der Waals surface area (Å²) >= 11 is 5.00. The van der Waals surface area contributed by atoms with Gasteiger partial charge in [-0.3, -0.25) is 0 Å². The summed E-state index contributed by atoms with van der Waals surface area (Å²) in [5, 5.41) is 3.58. The number of hydrogen-bond donors (Lipinski definition) is 3. The second-order valence-corrected chi connectivity index (χ2v) is 4.16. The second kappa shape index (κ2) is 4.59. The lowest BCUT2D eigenvalue weighted by atomic mass is 9.90. The molecule has 0 unspecified atom stereocenters. The Morgan fingerprint density at radius 1 is 1.27 bits per heavy atom. The van der Waals surface area contributed by atoms with Crippen molar-refractivity contribution in [2.75, 3.05) is 5.32 Å². The van der Waals surface area contributed by atoms with Crippen molar-refractivity contribution in [3.8, 4) is 0 Å². The van der Waals surface area contributed by atoms with Crippen LogP contribution in [0.5, 0.6) is 0 Å². The molecular weight excluding hydrogens is 206 g/mol. The minimum absolute atomic E-state index is 0.467. The van der Waals surface area contributed by atoms with Gasteiger partial charge in [-0.15, -0.1) is 0 Å². The highest BCUT2D eigenvalue weighted by molar-refractivity contribution is 7.80. The van der Waals surface area contributed by atoms with E-state index in [1.165, 1.54) is 30.4 Å². The Labute approximate surface area is 95.0 Å². The molecule has 0 aliphatic heterocycles. The van der Waals surface area contributed by atoms with Crippen LogP contribution in [0.1, 0.15) is 24.0 Å². The van der Waals surface area contributed by atoms with Crippen LogP contribution in [0.3, 0.4) is 0 Å². The van der Waals surface area contributed by atoms with Crippen molar-refractivity contribution in [3.05, 3.63) is 29.3 Å². The molecule has 1 aromatic rings. The van der Waals surface area contributed by atoms with Crippen LogP contribution >= 0.6 is 12.2 Å². The molecule has 4 heteroatoms. The van der Waals surface area contributed by atoms with Crippen molar-refractivity contribution >= 4 is 23.0 Å². The van der Waals surface area contributed by atoms with E-state index in [2.05, 4.69) is 22.9 Å². The van der Waals surface area contributed by atoms with Crippen LogP contribution in [0.25, 0.3) is 0 Å². The predicted octanol–water partition coefficient (Wildman–Crippen LogP) is 1.73. The van der Waals surface area contributed by atoms with E-state index in [0.29, 0.717) is 5.11 Å². The van der Waals surface area contributed by atoms with Crippen molar-refractivity contribution in [2.45, 2.75) is 25.7 Å². The SMILES string of the molecule is NNC(=S)Nc1cccc2c1CCCC2. The number of fused-ring (bicyclic) bond motifs is 1. The van der Waals surface area contributed by atoms with Gasteiger partial charge in [-0.2, -0.15) is 0 Å². The van der Waals surface area contributed by atoms with E-state index >= 15 is 0 Å². The van der Waals surface area contributed by atoms with E-state index in [1.807, 2.05) is 6.07 Å². The summed E-state index contributed by atoms with van der Waals surface area (Å²) in [6.45, 7) is 0. The molecule has 3 nitrogen and oxygen atoms in total. The molecule has 0 bridgehead atoms. The molecule has 0 saturated carbocycles. The molecule has 0 saturated heterocycles. The summed E-state index contributed by atoms with van der Waals surface area (Å²) in [7, 11) is 0. The smallest absolute Gasteiger partial charge is 0.185 e. The van der Waals surface area contributed by atoms with Gasteiger partial charge in [0.2, 0.25) is 0 Å². The van der Waals surface area contributed by atoms with E-state index in [4.69, 9.17) is 18.1 Å². The third-order valence-corrected chi connectivity index (χ3v) is 3.00. The molecule has 0 amide bonds. The molecule has 1 aliphatic rings. The number of rotatable bonds is 1. The largest absolute Gasteiger partial charge is 0.331 e. The molecule has 1 aromatic carbocycles. The standard InChI is InChI=1S/C11H15N3S/c12-14-11(15)13-10-7-3-5-8-4-1-2-6-9(8)10/h3,5,7H,1-2,4,6,12H2,(H2,13,14,15). The Bertz CT molecular complexity index is 376. The Morgan fingerprint density at radius 3 is 2.87 bits per heavy atom. The Hall–Kier alpha value is -1.13. The Balaban J connectivity index is 2.27. The van der Waals surface area contributed by atoms with Crippen molar-refractivity contribution in [1.82, 2.24) is 5.43 Å². The zero-order valence-corrected chi connectivity index (χ0v) is 9.36. The van der Waals surface area contributed by atoms with Gasteiger partial charge >= 0.3 is 0 Å². The van der Waals surface area contributed by atoms with E-state index in [0.717, 1.165) is 12.1 Å². The fraction of sp³-hybridized carbons (Fsp3) is 0.364. The van der Waals surface area contributed by atoms with E-state index in [1.54, 1.807) is 0 Å². The van der Waals surface area contributed by atoms with E-state index in [9.17, 15) is 0 Å². The first-order valence-corrected chi connectivity index (χ1v) is 5.60. The van der Waals surface area contributed by atoms with Crippen LogP contribution in [0.15, 0.2) is 18.2 Å². The molecule has 0 aromatic heterocycles. The maximum absolute atomic E-state index is 5.24. The van der Waals surface area contributed by atoms with Gasteiger partial charge in [0, 0.05) is 5.69 Å². The molecule has 0 atom stereocenters. The van der Waals surface area contributed by atoms with Gasteiger partial charge in [-0.25, -0.2) is 5.84 Å². The number of thiocarbonyl (C=S) groups is 1. The first-order chi connectivity index (χ1) is 7.31. The van der Waals surface area contributed by atoms with Crippen molar-refractivity contribution in [2.24, 2.45) is 5.84 Å². The molecule has 2 rings (SSSR count). The highest BCUT2D eigenvalue weighted by atomic mass is 32.1. The third-order valence-electron chi connectivity index (χ3n) is 2.78. The summed E-state index contributed by atoms with van der Waals surface area (Å²) < 4.78 is 0. The molecule has 80 valence electrons. The van der Waals surface area contributed by atoms with Crippen LogP contribution in [0.4, 0.5) is 5.69 Å². The minimum atomic E-state index is 0.467. The molecule has 15 heavy (non-hydrogen) atoms. The summed E-state index contributed by atoms with van der Waals surface area (Å²) in [5.41, 5.74) is 6.36. The molecule has 0 fully saturated rings. The maximum Gasteiger partial charge on any atom is 0.185 e. The van der Waals surface area contributed by atoms with Crippen molar-refractivity contribution < 1.29 is 0 Å². The summed E-state index contributed by atoms with van der Waals surface area (Å²) in [6.07, 6.45) is 4.85. The first kappa shape index (κ1) is 10.4. The lowest BCUT2D eigenvalue weighted by Gasteiger charge is -2.20. The highest BCUT2D eigenvalue weighted by Crippen LogP contribution is 2.27. The monoisotopic (exact) mass is 221 g/mol. The van der Waals surface area contributed by atoms with Gasteiger partial charge in [0.25, 0.3) is 0 Å². The second-order valence-electron chi connectivity index (χ2n) is 3.75. The Morgan fingerprint density at radius 2 is 2.07 bits per heavy atom. The average molecular weight is 221 g/mol. The lowest BCUT2D eigenvalue weighted by Crippen LogP contribution is -2.34.